The van der Waals surface area contributed by atoms with Crippen molar-refractivity contribution in [3.05, 3.63) is 47.0 Å². The first kappa shape index (κ1) is 19.1. The van der Waals surface area contributed by atoms with Gasteiger partial charge < -0.3 is 10.6 Å². The van der Waals surface area contributed by atoms with E-state index in [9.17, 15) is 14.4 Å². The second-order valence-corrected chi connectivity index (χ2v) is 7.52. The highest BCUT2D eigenvalue weighted by atomic mass is 16.2. The van der Waals surface area contributed by atoms with Crippen molar-refractivity contribution in [2.75, 3.05) is 13.1 Å². The fourth-order valence-corrected chi connectivity index (χ4v) is 3.62. The van der Waals surface area contributed by atoms with Crippen LogP contribution in [0.1, 0.15) is 50.2 Å². The third-order valence-electron chi connectivity index (χ3n) is 5.36. The molecule has 1 aliphatic carbocycles. The number of imide groups is 1. The number of aryl methyl sites for hydroxylation is 1. The summed E-state index contributed by atoms with van der Waals surface area (Å²) in [6, 6.07) is 6.92. The van der Waals surface area contributed by atoms with Crippen LogP contribution in [0.4, 0.5) is 4.79 Å². The molecular weight excluding hydrogens is 342 g/mol. The van der Waals surface area contributed by atoms with Crippen LogP contribution in [0.5, 0.6) is 0 Å². The van der Waals surface area contributed by atoms with Crippen molar-refractivity contribution < 1.29 is 14.4 Å². The number of nitrogens with one attached hydrogen (secondary N) is 2. The lowest BCUT2D eigenvalue weighted by molar-refractivity contribution is -0.134. The SMILES string of the molecule is Cc1ccc([C@@]2(C)NC(=O)N(CC(=O)NCCC3=CCCCC3)C2=O)cc1. The maximum absolute atomic E-state index is 12.8. The summed E-state index contributed by atoms with van der Waals surface area (Å²) in [5.74, 6) is -0.718. The number of benzene rings is 1. The van der Waals surface area contributed by atoms with Crippen molar-refractivity contribution >= 4 is 17.8 Å². The maximum Gasteiger partial charge on any atom is 0.325 e. The third kappa shape index (κ3) is 4.21. The molecule has 0 radical (unpaired) electrons. The molecule has 1 saturated heterocycles. The Morgan fingerprint density at radius 3 is 2.63 bits per heavy atom. The number of carbonyl (C=O) groups excluding carboxylic acids is 3. The third-order valence-corrected chi connectivity index (χ3v) is 5.36. The minimum Gasteiger partial charge on any atom is -0.354 e. The Morgan fingerprint density at radius 2 is 1.96 bits per heavy atom. The van der Waals surface area contributed by atoms with Gasteiger partial charge in [0.25, 0.3) is 5.91 Å². The van der Waals surface area contributed by atoms with Crippen LogP contribution in [0.15, 0.2) is 35.9 Å². The average molecular weight is 369 g/mol. The maximum atomic E-state index is 12.8. The summed E-state index contributed by atoms with van der Waals surface area (Å²) in [7, 11) is 0. The molecule has 0 aromatic heterocycles. The second kappa shape index (κ2) is 7.94. The highest BCUT2D eigenvalue weighted by molar-refractivity contribution is 6.09. The van der Waals surface area contributed by atoms with E-state index in [4.69, 9.17) is 0 Å². The Morgan fingerprint density at radius 1 is 1.22 bits per heavy atom. The van der Waals surface area contributed by atoms with Crippen LogP contribution in [0, 0.1) is 6.92 Å². The first-order chi connectivity index (χ1) is 12.9. The Labute approximate surface area is 160 Å². The van der Waals surface area contributed by atoms with E-state index in [2.05, 4.69) is 16.7 Å². The molecular formula is C21H27N3O3. The lowest BCUT2D eigenvalue weighted by Crippen LogP contribution is -2.43. The van der Waals surface area contributed by atoms with Gasteiger partial charge in [-0.15, -0.1) is 0 Å². The zero-order valence-corrected chi connectivity index (χ0v) is 16.0. The summed E-state index contributed by atoms with van der Waals surface area (Å²) in [5, 5.41) is 5.55. The molecule has 6 nitrogen and oxygen atoms in total. The largest absolute Gasteiger partial charge is 0.354 e. The van der Waals surface area contributed by atoms with E-state index in [0.29, 0.717) is 12.1 Å². The van der Waals surface area contributed by atoms with E-state index in [1.807, 2.05) is 31.2 Å². The molecule has 2 aliphatic rings. The zero-order valence-electron chi connectivity index (χ0n) is 16.0. The topological polar surface area (TPSA) is 78.5 Å². The summed E-state index contributed by atoms with van der Waals surface area (Å²) in [4.78, 5) is 38.3. The molecule has 0 bridgehead atoms. The van der Waals surface area contributed by atoms with Crippen LogP contribution < -0.4 is 10.6 Å². The van der Waals surface area contributed by atoms with Crippen molar-refractivity contribution in [2.45, 2.75) is 51.5 Å². The normalized spacial score (nSPS) is 22.4. The Balaban J connectivity index is 1.57. The predicted molar refractivity (Wildman–Crippen MR) is 103 cm³/mol. The van der Waals surface area contributed by atoms with Crippen molar-refractivity contribution in [3.63, 3.8) is 0 Å². The van der Waals surface area contributed by atoms with Crippen molar-refractivity contribution in [2.24, 2.45) is 0 Å². The molecule has 4 amide bonds. The molecule has 1 aromatic carbocycles. The number of hydrogen-bond acceptors (Lipinski definition) is 3. The molecule has 1 heterocycles. The number of allylic oxidation sites excluding steroid dienone is 1. The van der Waals surface area contributed by atoms with Crippen LogP contribution in [-0.4, -0.2) is 35.8 Å². The molecule has 2 N–H and O–H groups in total. The molecule has 6 heteroatoms. The Kier molecular flexibility index (Phi) is 5.63. The second-order valence-electron chi connectivity index (χ2n) is 7.52. The summed E-state index contributed by atoms with van der Waals surface area (Å²) in [6.07, 6.45) is 7.73. The summed E-state index contributed by atoms with van der Waals surface area (Å²) in [5.41, 5.74) is 2.02. The fraction of sp³-hybridized carbons (Fsp3) is 0.476. The van der Waals surface area contributed by atoms with Gasteiger partial charge in [0.15, 0.2) is 0 Å². The van der Waals surface area contributed by atoms with Gasteiger partial charge in [0.2, 0.25) is 5.91 Å². The lowest BCUT2D eigenvalue weighted by atomic mass is 9.91. The number of urea groups is 1. The minimum absolute atomic E-state index is 0.259. The van der Waals surface area contributed by atoms with Crippen LogP contribution in [-0.2, 0) is 15.1 Å². The van der Waals surface area contributed by atoms with Gasteiger partial charge in [0.05, 0.1) is 0 Å². The molecule has 3 rings (SSSR count). The molecule has 0 unspecified atom stereocenters. The molecule has 1 aromatic rings. The standard InChI is InChI=1S/C21H27N3O3/c1-15-8-10-17(11-9-15)21(2)19(26)24(20(27)23-21)14-18(25)22-13-12-16-6-4-3-5-7-16/h6,8-11H,3-5,7,12-14H2,1-2H3,(H,22,25)(H,23,27)/t21-/m1/s1. The van der Waals surface area contributed by atoms with Crippen molar-refractivity contribution in [1.29, 1.82) is 0 Å². The van der Waals surface area contributed by atoms with Gasteiger partial charge in [-0.1, -0.05) is 41.5 Å². The van der Waals surface area contributed by atoms with Crippen LogP contribution in [0.25, 0.3) is 0 Å². The zero-order chi connectivity index (χ0) is 19.4. The molecule has 1 fully saturated rings. The van der Waals surface area contributed by atoms with Crippen LogP contribution in [0.2, 0.25) is 0 Å². The Hall–Kier alpha value is -2.63. The first-order valence-electron chi connectivity index (χ1n) is 9.56. The number of carbonyl (C=O) groups is 3. The molecule has 27 heavy (non-hydrogen) atoms. The van der Waals surface area contributed by atoms with Crippen LogP contribution in [0.3, 0.4) is 0 Å². The van der Waals surface area contributed by atoms with Gasteiger partial charge in [-0.3, -0.25) is 14.5 Å². The van der Waals surface area contributed by atoms with Crippen molar-refractivity contribution in [3.8, 4) is 0 Å². The van der Waals surface area contributed by atoms with E-state index in [1.165, 1.54) is 18.4 Å². The highest BCUT2D eigenvalue weighted by Crippen LogP contribution is 2.28. The number of rotatable bonds is 6. The van der Waals surface area contributed by atoms with Gasteiger partial charge in [0.1, 0.15) is 12.1 Å². The Bertz CT molecular complexity index is 769. The van der Waals surface area contributed by atoms with Crippen molar-refractivity contribution in [1.82, 2.24) is 15.5 Å². The average Bonchev–Trinajstić information content (AvgIpc) is 2.87. The molecule has 0 spiro atoms. The molecule has 144 valence electrons. The van der Waals surface area contributed by atoms with E-state index in [0.717, 1.165) is 29.7 Å². The van der Waals surface area contributed by atoms with Gasteiger partial charge in [-0.25, -0.2) is 4.79 Å². The smallest absolute Gasteiger partial charge is 0.325 e. The van der Waals surface area contributed by atoms with Gasteiger partial charge >= 0.3 is 6.03 Å². The fourth-order valence-electron chi connectivity index (χ4n) is 3.62. The molecule has 0 saturated carbocycles. The van der Waals surface area contributed by atoms with E-state index >= 15 is 0 Å². The first-order valence-corrected chi connectivity index (χ1v) is 9.56. The number of hydrogen-bond donors (Lipinski definition) is 2. The molecule has 1 aliphatic heterocycles. The van der Waals surface area contributed by atoms with Gasteiger partial charge in [-0.05, 0) is 51.5 Å². The highest BCUT2D eigenvalue weighted by Gasteiger charge is 2.49. The summed E-state index contributed by atoms with van der Waals surface area (Å²) >= 11 is 0. The molecule has 1 atom stereocenters. The van der Waals surface area contributed by atoms with Gasteiger partial charge in [0, 0.05) is 6.54 Å². The predicted octanol–water partition coefficient (Wildman–Crippen LogP) is 2.77. The monoisotopic (exact) mass is 369 g/mol. The van der Waals surface area contributed by atoms with E-state index < -0.39 is 17.5 Å². The number of nitrogens with zero attached hydrogens (tertiary/aromatic N) is 1. The van der Waals surface area contributed by atoms with Crippen LogP contribution >= 0.6 is 0 Å². The summed E-state index contributed by atoms with van der Waals surface area (Å²) in [6.45, 7) is 3.90. The van der Waals surface area contributed by atoms with Gasteiger partial charge in [-0.2, -0.15) is 0 Å². The summed E-state index contributed by atoms with van der Waals surface area (Å²) < 4.78 is 0. The van der Waals surface area contributed by atoms with E-state index in [1.54, 1.807) is 6.92 Å². The number of amides is 4. The minimum atomic E-state index is -1.14. The van der Waals surface area contributed by atoms with E-state index in [-0.39, 0.29) is 12.5 Å². The lowest BCUT2D eigenvalue weighted by Gasteiger charge is -2.22. The quantitative estimate of drug-likeness (QED) is 0.598.